The smallest absolute Gasteiger partial charge is 0.309 e. The molecular formula is C15H19N3O3S. The molecule has 0 spiro atoms. The summed E-state index contributed by atoms with van der Waals surface area (Å²) in [5.41, 5.74) is 0.282. The normalized spacial score (nSPS) is 11.4. The van der Waals surface area contributed by atoms with Gasteiger partial charge in [-0.2, -0.15) is 5.10 Å². The lowest BCUT2D eigenvalue weighted by molar-refractivity contribution is -0.147. The van der Waals surface area contributed by atoms with E-state index < -0.39 is 11.4 Å². The molecule has 0 aliphatic heterocycles. The minimum atomic E-state index is -0.873. The Hall–Kier alpha value is -2.15. The van der Waals surface area contributed by atoms with Gasteiger partial charge in [0.2, 0.25) is 0 Å². The Bertz CT molecular complexity index is 674. The number of hydrogen-bond donors (Lipinski definition) is 2. The van der Waals surface area contributed by atoms with Crippen molar-refractivity contribution in [2.24, 2.45) is 12.5 Å². The Labute approximate surface area is 132 Å². The lowest BCUT2D eigenvalue weighted by Gasteiger charge is -2.18. The SMILES string of the molecule is Cn1cc(C(=O)NCCC(C)(C)C(=O)O)c(-c2cccs2)n1. The molecule has 2 rings (SSSR count). The van der Waals surface area contributed by atoms with Crippen molar-refractivity contribution < 1.29 is 14.7 Å². The number of hydrogen-bond acceptors (Lipinski definition) is 4. The van der Waals surface area contributed by atoms with Crippen LogP contribution in [0.3, 0.4) is 0 Å². The first-order chi connectivity index (χ1) is 10.3. The molecule has 2 heterocycles. The average Bonchev–Trinajstić information content (AvgIpc) is 3.06. The minimum absolute atomic E-state index is 0.238. The first-order valence-corrected chi connectivity index (χ1v) is 7.78. The van der Waals surface area contributed by atoms with E-state index in [1.165, 1.54) is 11.3 Å². The summed E-state index contributed by atoms with van der Waals surface area (Å²) in [7, 11) is 1.77. The van der Waals surface area contributed by atoms with E-state index in [-0.39, 0.29) is 5.91 Å². The van der Waals surface area contributed by atoms with Crippen LogP contribution in [0.2, 0.25) is 0 Å². The molecule has 118 valence electrons. The Morgan fingerprint density at radius 3 is 2.77 bits per heavy atom. The molecular weight excluding hydrogens is 302 g/mol. The van der Waals surface area contributed by atoms with Gasteiger partial charge in [0.25, 0.3) is 5.91 Å². The maximum Gasteiger partial charge on any atom is 0.309 e. The number of carboxylic acid groups (broad SMARTS) is 1. The van der Waals surface area contributed by atoms with Crippen molar-refractivity contribution in [2.75, 3.05) is 6.54 Å². The number of thiophene rings is 1. The molecule has 0 unspecified atom stereocenters. The highest BCUT2D eigenvalue weighted by Gasteiger charge is 2.27. The summed E-state index contributed by atoms with van der Waals surface area (Å²) in [5.74, 6) is -1.11. The third kappa shape index (κ3) is 3.54. The van der Waals surface area contributed by atoms with Crippen molar-refractivity contribution in [1.82, 2.24) is 15.1 Å². The monoisotopic (exact) mass is 321 g/mol. The number of carboxylic acids is 1. The Morgan fingerprint density at radius 2 is 2.18 bits per heavy atom. The number of aliphatic carboxylic acids is 1. The number of carbonyl (C=O) groups is 2. The van der Waals surface area contributed by atoms with Crippen LogP contribution in [0.4, 0.5) is 0 Å². The van der Waals surface area contributed by atoms with E-state index in [4.69, 9.17) is 5.11 Å². The van der Waals surface area contributed by atoms with Crippen LogP contribution in [0.25, 0.3) is 10.6 Å². The number of rotatable bonds is 6. The van der Waals surface area contributed by atoms with Crippen LogP contribution in [0.1, 0.15) is 30.6 Å². The van der Waals surface area contributed by atoms with Gasteiger partial charge in [0.15, 0.2) is 0 Å². The summed E-state index contributed by atoms with van der Waals surface area (Å²) < 4.78 is 1.60. The third-order valence-electron chi connectivity index (χ3n) is 3.44. The van der Waals surface area contributed by atoms with Gasteiger partial charge in [-0.25, -0.2) is 0 Å². The van der Waals surface area contributed by atoms with Crippen molar-refractivity contribution in [2.45, 2.75) is 20.3 Å². The van der Waals surface area contributed by atoms with Gasteiger partial charge >= 0.3 is 5.97 Å². The Balaban J connectivity index is 2.06. The first-order valence-electron chi connectivity index (χ1n) is 6.90. The lowest BCUT2D eigenvalue weighted by Crippen LogP contribution is -2.32. The lowest BCUT2D eigenvalue weighted by atomic mass is 9.90. The maximum absolute atomic E-state index is 12.3. The van der Waals surface area contributed by atoms with Gasteiger partial charge in [-0.05, 0) is 31.7 Å². The van der Waals surface area contributed by atoms with Crippen molar-refractivity contribution in [3.63, 3.8) is 0 Å². The standard InChI is InChI=1S/C15H19N3O3S/c1-15(2,14(20)21)6-7-16-13(19)10-9-18(3)17-12(10)11-5-4-8-22-11/h4-5,8-9H,6-7H2,1-3H3,(H,16,19)(H,20,21). The average molecular weight is 321 g/mol. The van der Waals surface area contributed by atoms with E-state index in [0.29, 0.717) is 24.2 Å². The van der Waals surface area contributed by atoms with Gasteiger partial charge < -0.3 is 10.4 Å². The van der Waals surface area contributed by atoms with Crippen molar-refractivity contribution in [3.8, 4) is 10.6 Å². The molecule has 0 aliphatic rings. The van der Waals surface area contributed by atoms with E-state index >= 15 is 0 Å². The zero-order valence-electron chi connectivity index (χ0n) is 12.8. The molecule has 2 aromatic rings. The molecule has 0 saturated carbocycles. The highest BCUT2D eigenvalue weighted by atomic mass is 32.1. The van der Waals surface area contributed by atoms with E-state index in [2.05, 4.69) is 10.4 Å². The van der Waals surface area contributed by atoms with E-state index in [1.54, 1.807) is 31.8 Å². The zero-order chi connectivity index (χ0) is 16.3. The molecule has 0 aromatic carbocycles. The van der Waals surface area contributed by atoms with Gasteiger partial charge in [0.05, 0.1) is 15.9 Å². The molecule has 0 aliphatic carbocycles. The molecule has 1 amide bonds. The zero-order valence-corrected chi connectivity index (χ0v) is 13.6. The van der Waals surface area contributed by atoms with Crippen LogP contribution < -0.4 is 5.32 Å². The molecule has 6 nitrogen and oxygen atoms in total. The van der Waals surface area contributed by atoms with E-state index in [0.717, 1.165) is 4.88 Å². The van der Waals surface area contributed by atoms with Crippen LogP contribution in [-0.2, 0) is 11.8 Å². The first kappa shape index (κ1) is 16.2. The fourth-order valence-corrected chi connectivity index (χ4v) is 2.66. The van der Waals surface area contributed by atoms with Crippen molar-refractivity contribution in [3.05, 3.63) is 29.3 Å². The molecule has 0 fully saturated rings. The Morgan fingerprint density at radius 1 is 1.45 bits per heavy atom. The van der Waals surface area contributed by atoms with Crippen molar-refractivity contribution in [1.29, 1.82) is 0 Å². The predicted octanol–water partition coefficient (Wildman–Crippen LogP) is 2.38. The maximum atomic E-state index is 12.3. The van der Waals surface area contributed by atoms with Crippen LogP contribution >= 0.6 is 11.3 Å². The number of aryl methyl sites for hydroxylation is 1. The number of amides is 1. The van der Waals surface area contributed by atoms with Gasteiger partial charge in [-0.1, -0.05) is 6.07 Å². The van der Waals surface area contributed by atoms with Crippen molar-refractivity contribution >= 4 is 23.2 Å². The molecule has 7 heteroatoms. The molecule has 2 aromatic heterocycles. The summed E-state index contributed by atoms with van der Waals surface area (Å²) >= 11 is 1.52. The van der Waals surface area contributed by atoms with Crippen LogP contribution in [0.15, 0.2) is 23.7 Å². The van der Waals surface area contributed by atoms with Crippen LogP contribution in [0, 0.1) is 5.41 Å². The number of nitrogens with zero attached hydrogens (tertiary/aromatic N) is 2. The molecule has 0 saturated heterocycles. The largest absolute Gasteiger partial charge is 0.481 e. The van der Waals surface area contributed by atoms with E-state index in [9.17, 15) is 9.59 Å². The summed E-state index contributed by atoms with van der Waals surface area (Å²) in [6, 6.07) is 3.82. The molecule has 2 N–H and O–H groups in total. The fourth-order valence-electron chi connectivity index (χ4n) is 1.94. The van der Waals surface area contributed by atoms with E-state index in [1.807, 2.05) is 17.5 Å². The fraction of sp³-hybridized carbons (Fsp3) is 0.400. The summed E-state index contributed by atoms with van der Waals surface area (Å²) in [5, 5.41) is 18.1. The molecule has 0 radical (unpaired) electrons. The van der Waals surface area contributed by atoms with Gasteiger partial charge in [-0.3, -0.25) is 14.3 Å². The molecule has 0 bridgehead atoms. The van der Waals surface area contributed by atoms with Gasteiger partial charge in [-0.15, -0.1) is 11.3 Å². The highest BCUT2D eigenvalue weighted by molar-refractivity contribution is 7.13. The summed E-state index contributed by atoms with van der Waals surface area (Å²) in [6.07, 6.45) is 2.04. The molecule has 0 atom stereocenters. The number of aromatic nitrogens is 2. The van der Waals surface area contributed by atoms with Crippen LogP contribution in [0.5, 0.6) is 0 Å². The quantitative estimate of drug-likeness (QED) is 0.855. The number of carbonyl (C=O) groups excluding carboxylic acids is 1. The van der Waals surface area contributed by atoms with Gasteiger partial charge in [0, 0.05) is 19.8 Å². The number of nitrogens with one attached hydrogen (secondary N) is 1. The molecule has 22 heavy (non-hydrogen) atoms. The third-order valence-corrected chi connectivity index (χ3v) is 4.32. The highest BCUT2D eigenvalue weighted by Crippen LogP contribution is 2.26. The summed E-state index contributed by atoms with van der Waals surface area (Å²) in [6.45, 7) is 3.59. The second-order valence-electron chi connectivity index (χ2n) is 5.74. The topological polar surface area (TPSA) is 84.2 Å². The second kappa shape index (κ2) is 6.31. The van der Waals surface area contributed by atoms with Gasteiger partial charge in [0.1, 0.15) is 5.69 Å². The predicted molar refractivity (Wildman–Crippen MR) is 84.9 cm³/mol. The summed E-state index contributed by atoms with van der Waals surface area (Å²) in [4.78, 5) is 24.3. The van der Waals surface area contributed by atoms with Crippen LogP contribution in [-0.4, -0.2) is 33.3 Å². The Kier molecular flexibility index (Phi) is 4.65. The minimum Gasteiger partial charge on any atom is -0.481 e. The second-order valence-corrected chi connectivity index (χ2v) is 6.68.